The highest BCUT2D eigenvalue weighted by molar-refractivity contribution is 5.28. The molecule has 0 unspecified atom stereocenters. The molecular weight excluding hydrogens is 263 g/mol. The second kappa shape index (κ2) is 7.98. The lowest BCUT2D eigenvalue weighted by molar-refractivity contribution is -0.274. The number of aliphatic hydroxyl groups is 1. The molecule has 0 bridgehead atoms. The van der Waals surface area contributed by atoms with Crippen molar-refractivity contribution in [3.05, 3.63) is 29.8 Å². The minimum atomic E-state index is -4.68. The molecule has 0 atom stereocenters. The quantitative estimate of drug-likeness (QED) is 0.711. The van der Waals surface area contributed by atoms with Crippen LogP contribution in [0.5, 0.6) is 5.75 Å². The van der Waals surface area contributed by atoms with E-state index in [1.54, 1.807) is 6.07 Å². The van der Waals surface area contributed by atoms with Gasteiger partial charge in [0.1, 0.15) is 5.75 Å². The molecule has 0 amide bonds. The molecule has 1 aromatic carbocycles. The molecule has 0 aliphatic rings. The van der Waals surface area contributed by atoms with E-state index >= 15 is 0 Å². The zero-order valence-electron chi connectivity index (χ0n) is 10.2. The second-order valence-corrected chi connectivity index (χ2v) is 3.71. The van der Waals surface area contributed by atoms with Crippen LogP contribution in [0, 0.1) is 0 Å². The topological polar surface area (TPSA) is 50.7 Å². The van der Waals surface area contributed by atoms with E-state index in [9.17, 15) is 13.2 Å². The maximum atomic E-state index is 12.0. The van der Waals surface area contributed by atoms with E-state index < -0.39 is 6.36 Å². The van der Waals surface area contributed by atoms with Gasteiger partial charge in [-0.25, -0.2) is 0 Å². The summed E-state index contributed by atoms with van der Waals surface area (Å²) in [5.41, 5.74) is 0.684. The van der Waals surface area contributed by atoms with E-state index in [4.69, 9.17) is 9.84 Å². The van der Waals surface area contributed by atoms with E-state index in [0.717, 1.165) is 0 Å². The highest BCUT2D eigenvalue weighted by atomic mass is 19.4. The number of rotatable bonds is 8. The number of halogens is 3. The average Bonchev–Trinajstić information content (AvgIpc) is 2.32. The third-order valence-corrected chi connectivity index (χ3v) is 2.12. The van der Waals surface area contributed by atoms with Gasteiger partial charge < -0.3 is 19.9 Å². The molecule has 19 heavy (non-hydrogen) atoms. The predicted molar refractivity (Wildman–Crippen MR) is 62.7 cm³/mol. The molecular formula is C12H16F3NO3. The molecule has 7 heteroatoms. The largest absolute Gasteiger partial charge is 0.573 e. The summed E-state index contributed by atoms with van der Waals surface area (Å²) in [6.45, 7) is 1.63. The van der Waals surface area contributed by atoms with E-state index in [1.165, 1.54) is 18.2 Å². The van der Waals surface area contributed by atoms with E-state index in [2.05, 4.69) is 10.1 Å². The maximum absolute atomic E-state index is 12.0. The lowest BCUT2D eigenvalue weighted by Gasteiger charge is -2.10. The Morgan fingerprint density at radius 1 is 1.21 bits per heavy atom. The molecule has 108 valence electrons. The third-order valence-electron chi connectivity index (χ3n) is 2.12. The Kier molecular flexibility index (Phi) is 6.61. The van der Waals surface area contributed by atoms with Crippen LogP contribution in [0.15, 0.2) is 24.3 Å². The summed E-state index contributed by atoms with van der Waals surface area (Å²) in [6, 6.07) is 5.78. The molecule has 0 spiro atoms. The van der Waals surface area contributed by atoms with Crippen molar-refractivity contribution in [2.75, 3.05) is 26.4 Å². The molecule has 0 saturated carbocycles. The van der Waals surface area contributed by atoms with Gasteiger partial charge in [-0.1, -0.05) is 12.1 Å². The van der Waals surface area contributed by atoms with E-state index in [-0.39, 0.29) is 19.0 Å². The van der Waals surface area contributed by atoms with Crippen molar-refractivity contribution in [1.82, 2.24) is 5.32 Å². The highest BCUT2D eigenvalue weighted by Crippen LogP contribution is 2.23. The normalized spacial score (nSPS) is 11.6. The number of ether oxygens (including phenoxy) is 2. The van der Waals surface area contributed by atoms with Gasteiger partial charge in [-0.3, -0.25) is 0 Å². The first-order valence-corrected chi connectivity index (χ1v) is 5.75. The van der Waals surface area contributed by atoms with Gasteiger partial charge in [0.2, 0.25) is 0 Å². The first kappa shape index (κ1) is 15.7. The Morgan fingerprint density at radius 2 is 2.00 bits per heavy atom. The van der Waals surface area contributed by atoms with Crippen molar-refractivity contribution in [2.45, 2.75) is 12.9 Å². The molecule has 0 aromatic heterocycles. The Morgan fingerprint density at radius 3 is 2.68 bits per heavy atom. The standard InChI is InChI=1S/C12H16F3NO3/c13-12(14,15)19-11-3-1-2-10(8-11)9-16-4-6-18-7-5-17/h1-3,8,16-17H,4-7,9H2. The number of nitrogens with one attached hydrogen (secondary N) is 1. The van der Waals surface area contributed by atoms with Crippen molar-refractivity contribution < 1.29 is 27.8 Å². The van der Waals surface area contributed by atoms with E-state index in [1.807, 2.05) is 0 Å². The van der Waals surface area contributed by atoms with Crippen molar-refractivity contribution in [1.29, 1.82) is 0 Å². The molecule has 0 radical (unpaired) electrons. The number of hydrogen-bond donors (Lipinski definition) is 2. The lowest BCUT2D eigenvalue weighted by Crippen LogP contribution is -2.20. The van der Waals surface area contributed by atoms with Crippen LogP contribution in [0.2, 0.25) is 0 Å². The molecule has 0 heterocycles. The van der Waals surface area contributed by atoms with Crippen molar-refractivity contribution in [3.8, 4) is 5.75 Å². The third kappa shape index (κ3) is 7.66. The highest BCUT2D eigenvalue weighted by Gasteiger charge is 2.31. The van der Waals surface area contributed by atoms with Crippen LogP contribution in [-0.2, 0) is 11.3 Å². The van der Waals surface area contributed by atoms with Crippen LogP contribution in [0.25, 0.3) is 0 Å². The fourth-order valence-corrected chi connectivity index (χ4v) is 1.40. The minimum Gasteiger partial charge on any atom is -0.406 e. The number of hydrogen-bond acceptors (Lipinski definition) is 4. The molecule has 0 aliphatic carbocycles. The zero-order valence-corrected chi connectivity index (χ0v) is 10.2. The van der Waals surface area contributed by atoms with Gasteiger partial charge in [0.05, 0.1) is 19.8 Å². The average molecular weight is 279 g/mol. The van der Waals surface area contributed by atoms with Crippen molar-refractivity contribution >= 4 is 0 Å². The smallest absolute Gasteiger partial charge is 0.406 e. The molecule has 1 aromatic rings. The zero-order chi connectivity index (χ0) is 14.1. The molecule has 1 rings (SSSR count). The summed E-state index contributed by atoms with van der Waals surface area (Å²) in [4.78, 5) is 0. The Bertz CT molecular complexity index is 371. The Labute approximate surface area is 109 Å². The van der Waals surface area contributed by atoms with Crippen LogP contribution in [-0.4, -0.2) is 37.8 Å². The van der Waals surface area contributed by atoms with E-state index in [0.29, 0.717) is 25.3 Å². The van der Waals surface area contributed by atoms with Crippen LogP contribution in [0.1, 0.15) is 5.56 Å². The van der Waals surface area contributed by atoms with Crippen molar-refractivity contribution in [3.63, 3.8) is 0 Å². The van der Waals surface area contributed by atoms with Gasteiger partial charge in [-0.2, -0.15) is 0 Å². The van der Waals surface area contributed by atoms with Gasteiger partial charge in [-0.05, 0) is 17.7 Å². The summed E-state index contributed by atoms with van der Waals surface area (Å²) in [6.07, 6.45) is -4.68. The number of alkyl halides is 3. The molecule has 4 nitrogen and oxygen atoms in total. The maximum Gasteiger partial charge on any atom is 0.573 e. The second-order valence-electron chi connectivity index (χ2n) is 3.71. The summed E-state index contributed by atoms with van der Waals surface area (Å²) in [7, 11) is 0. The Balaban J connectivity index is 2.32. The molecule has 0 saturated heterocycles. The van der Waals surface area contributed by atoms with Crippen LogP contribution >= 0.6 is 0 Å². The first-order valence-electron chi connectivity index (χ1n) is 5.75. The monoisotopic (exact) mass is 279 g/mol. The fourth-order valence-electron chi connectivity index (χ4n) is 1.40. The van der Waals surface area contributed by atoms with Crippen LogP contribution in [0.4, 0.5) is 13.2 Å². The van der Waals surface area contributed by atoms with Gasteiger partial charge in [0.25, 0.3) is 0 Å². The summed E-state index contributed by atoms with van der Waals surface area (Å²) < 4.78 is 44.9. The van der Waals surface area contributed by atoms with Gasteiger partial charge >= 0.3 is 6.36 Å². The minimum absolute atomic E-state index is 0.0309. The number of aliphatic hydroxyl groups excluding tert-OH is 1. The summed E-state index contributed by atoms with van der Waals surface area (Å²) in [5.74, 6) is -0.233. The predicted octanol–water partition coefficient (Wildman–Crippen LogP) is 1.68. The summed E-state index contributed by atoms with van der Waals surface area (Å²) in [5, 5.41) is 11.5. The van der Waals surface area contributed by atoms with Gasteiger partial charge in [-0.15, -0.1) is 13.2 Å². The van der Waals surface area contributed by atoms with Crippen molar-refractivity contribution in [2.24, 2.45) is 0 Å². The molecule has 0 fully saturated rings. The molecule has 2 N–H and O–H groups in total. The first-order chi connectivity index (χ1) is 9.01. The van der Waals surface area contributed by atoms with Crippen LogP contribution in [0.3, 0.4) is 0 Å². The lowest BCUT2D eigenvalue weighted by atomic mass is 10.2. The van der Waals surface area contributed by atoms with Crippen LogP contribution < -0.4 is 10.1 Å². The fraction of sp³-hybridized carbons (Fsp3) is 0.500. The van der Waals surface area contributed by atoms with Gasteiger partial charge in [0, 0.05) is 13.1 Å². The molecule has 0 aliphatic heterocycles. The Hall–Kier alpha value is -1.31. The number of benzene rings is 1. The van der Waals surface area contributed by atoms with Gasteiger partial charge in [0.15, 0.2) is 0 Å². The SMILES string of the molecule is OCCOCCNCc1cccc(OC(F)(F)F)c1. The summed E-state index contributed by atoms with van der Waals surface area (Å²) >= 11 is 0.